The van der Waals surface area contributed by atoms with Gasteiger partial charge >= 0.3 is 0 Å². The minimum Gasteiger partial charge on any atom is -0.329 e. The Labute approximate surface area is 109 Å². The maximum Gasteiger partial charge on any atom is 0.172 e. The van der Waals surface area contributed by atoms with Crippen molar-refractivity contribution < 1.29 is 4.79 Å². The van der Waals surface area contributed by atoms with Crippen molar-refractivity contribution in [2.24, 2.45) is 7.05 Å². The molecular weight excluding hydrogens is 256 g/mol. The number of hydrogen-bond acceptors (Lipinski definition) is 3. The van der Waals surface area contributed by atoms with Crippen LogP contribution >= 0.6 is 23.4 Å². The van der Waals surface area contributed by atoms with Crippen LogP contribution in [0.5, 0.6) is 0 Å². The molecule has 1 heterocycles. The van der Waals surface area contributed by atoms with Gasteiger partial charge in [0.25, 0.3) is 0 Å². The molecule has 0 spiro atoms. The molecular formula is C12H11ClN2OS. The van der Waals surface area contributed by atoms with Gasteiger partial charge in [-0.25, -0.2) is 4.98 Å². The van der Waals surface area contributed by atoms with Gasteiger partial charge in [-0.3, -0.25) is 4.79 Å². The molecule has 0 bridgehead atoms. The van der Waals surface area contributed by atoms with E-state index < -0.39 is 0 Å². The van der Waals surface area contributed by atoms with E-state index in [9.17, 15) is 4.79 Å². The maximum atomic E-state index is 11.2. The van der Waals surface area contributed by atoms with Gasteiger partial charge in [-0.05, 0) is 19.1 Å². The summed E-state index contributed by atoms with van der Waals surface area (Å²) in [7, 11) is 1.92. The third-order valence-electron chi connectivity index (χ3n) is 2.32. The van der Waals surface area contributed by atoms with Crippen LogP contribution in [-0.4, -0.2) is 15.3 Å². The van der Waals surface area contributed by atoms with E-state index in [2.05, 4.69) is 4.98 Å². The van der Waals surface area contributed by atoms with Gasteiger partial charge in [0.1, 0.15) is 0 Å². The van der Waals surface area contributed by atoms with Crippen LogP contribution in [0.1, 0.15) is 17.3 Å². The second-order valence-electron chi connectivity index (χ2n) is 3.62. The summed E-state index contributed by atoms with van der Waals surface area (Å²) in [6.45, 7) is 1.53. The van der Waals surface area contributed by atoms with Gasteiger partial charge < -0.3 is 4.57 Å². The Bertz CT molecular complexity index is 565. The number of ketones is 1. The summed E-state index contributed by atoms with van der Waals surface area (Å²) in [5, 5.41) is 1.44. The zero-order valence-corrected chi connectivity index (χ0v) is 11.0. The number of aromatic nitrogens is 2. The summed E-state index contributed by atoms with van der Waals surface area (Å²) in [6, 6.07) is 5.31. The van der Waals surface area contributed by atoms with Crippen molar-refractivity contribution in [3.05, 3.63) is 41.2 Å². The van der Waals surface area contributed by atoms with E-state index >= 15 is 0 Å². The summed E-state index contributed by atoms with van der Waals surface area (Å²) < 4.78 is 1.92. The van der Waals surface area contributed by atoms with Crippen LogP contribution in [0.3, 0.4) is 0 Å². The van der Waals surface area contributed by atoms with Crippen LogP contribution < -0.4 is 0 Å². The number of carbonyl (C=O) groups excluding carboxylic acids is 1. The van der Waals surface area contributed by atoms with Crippen molar-refractivity contribution in [1.29, 1.82) is 0 Å². The first-order valence-corrected chi connectivity index (χ1v) is 6.23. The fraction of sp³-hybridized carbons (Fsp3) is 0.167. The van der Waals surface area contributed by atoms with Crippen LogP contribution in [0.2, 0.25) is 5.02 Å². The number of aryl methyl sites for hydroxylation is 1. The van der Waals surface area contributed by atoms with Crippen molar-refractivity contribution in [3.63, 3.8) is 0 Å². The van der Waals surface area contributed by atoms with Crippen LogP contribution in [0.25, 0.3) is 0 Å². The zero-order valence-electron chi connectivity index (χ0n) is 9.48. The van der Waals surface area contributed by atoms with Gasteiger partial charge in [0.15, 0.2) is 10.9 Å². The third kappa shape index (κ3) is 2.70. The molecule has 0 fully saturated rings. The fourth-order valence-corrected chi connectivity index (χ4v) is 2.46. The molecule has 0 amide bonds. The number of rotatable bonds is 3. The SMILES string of the molecule is CC(=O)c1ccc(Sc2nccn2C)c(Cl)c1. The predicted octanol–water partition coefficient (Wildman–Crippen LogP) is 3.43. The number of benzene rings is 1. The highest BCUT2D eigenvalue weighted by Gasteiger charge is 2.08. The van der Waals surface area contributed by atoms with E-state index in [1.807, 2.05) is 23.9 Å². The third-order valence-corrected chi connectivity index (χ3v) is 3.89. The molecule has 2 rings (SSSR count). The lowest BCUT2D eigenvalue weighted by Gasteiger charge is -2.05. The molecule has 2 aromatic rings. The van der Waals surface area contributed by atoms with Crippen molar-refractivity contribution in [2.45, 2.75) is 17.0 Å². The van der Waals surface area contributed by atoms with E-state index in [1.54, 1.807) is 18.3 Å². The number of Topliss-reactive ketones (excluding diaryl/α,β-unsaturated/α-hetero) is 1. The van der Waals surface area contributed by atoms with Gasteiger partial charge in [-0.2, -0.15) is 0 Å². The lowest BCUT2D eigenvalue weighted by Crippen LogP contribution is -1.93. The molecule has 0 saturated carbocycles. The molecule has 0 atom stereocenters. The van der Waals surface area contributed by atoms with Gasteiger partial charge in [-0.1, -0.05) is 29.4 Å². The molecule has 0 aliphatic rings. The number of imidazole rings is 1. The quantitative estimate of drug-likeness (QED) is 0.799. The standard InChI is InChI=1S/C12H11ClN2OS/c1-8(16)9-3-4-11(10(13)7-9)17-12-14-5-6-15(12)2/h3-7H,1-2H3. The molecule has 5 heteroatoms. The molecule has 1 aromatic carbocycles. The molecule has 1 aromatic heterocycles. The first-order chi connectivity index (χ1) is 8.08. The number of carbonyl (C=O) groups is 1. The minimum absolute atomic E-state index is 0.0143. The topological polar surface area (TPSA) is 34.9 Å². The first kappa shape index (κ1) is 12.2. The van der Waals surface area contributed by atoms with Gasteiger partial charge in [0.2, 0.25) is 0 Å². The summed E-state index contributed by atoms with van der Waals surface area (Å²) in [5.74, 6) is 0.0143. The second-order valence-corrected chi connectivity index (χ2v) is 5.04. The molecule has 88 valence electrons. The highest BCUT2D eigenvalue weighted by Crippen LogP contribution is 2.32. The number of hydrogen-bond donors (Lipinski definition) is 0. The predicted molar refractivity (Wildman–Crippen MR) is 68.8 cm³/mol. The van der Waals surface area contributed by atoms with Crippen molar-refractivity contribution in [3.8, 4) is 0 Å². The van der Waals surface area contributed by atoms with Crippen molar-refractivity contribution in [2.75, 3.05) is 0 Å². The normalized spacial score (nSPS) is 10.5. The average Bonchev–Trinajstić information content (AvgIpc) is 2.67. The average molecular weight is 267 g/mol. The molecule has 0 N–H and O–H groups in total. The van der Waals surface area contributed by atoms with Gasteiger partial charge in [-0.15, -0.1) is 0 Å². The fourth-order valence-electron chi connectivity index (χ4n) is 1.35. The molecule has 0 radical (unpaired) electrons. The molecule has 17 heavy (non-hydrogen) atoms. The summed E-state index contributed by atoms with van der Waals surface area (Å²) in [4.78, 5) is 16.3. The lowest BCUT2D eigenvalue weighted by molar-refractivity contribution is 0.101. The van der Waals surface area contributed by atoms with Crippen LogP contribution in [0.15, 0.2) is 40.6 Å². The summed E-state index contributed by atoms with van der Waals surface area (Å²) >= 11 is 7.61. The lowest BCUT2D eigenvalue weighted by atomic mass is 10.1. The summed E-state index contributed by atoms with van der Waals surface area (Å²) in [5.41, 5.74) is 0.624. The molecule has 0 unspecified atom stereocenters. The van der Waals surface area contributed by atoms with Crippen LogP contribution in [0.4, 0.5) is 0 Å². The molecule has 0 aliphatic carbocycles. The Morgan fingerprint density at radius 3 is 2.76 bits per heavy atom. The minimum atomic E-state index is 0.0143. The Morgan fingerprint density at radius 2 is 2.24 bits per heavy atom. The second kappa shape index (κ2) is 4.94. The van der Waals surface area contributed by atoms with Crippen molar-refractivity contribution in [1.82, 2.24) is 9.55 Å². The monoisotopic (exact) mass is 266 g/mol. The van der Waals surface area contributed by atoms with Crippen LogP contribution in [-0.2, 0) is 7.05 Å². The molecule has 0 aliphatic heterocycles. The van der Waals surface area contributed by atoms with Crippen LogP contribution in [0, 0.1) is 0 Å². The smallest absolute Gasteiger partial charge is 0.172 e. The van der Waals surface area contributed by atoms with Gasteiger partial charge in [0.05, 0.1) is 5.02 Å². The van der Waals surface area contributed by atoms with E-state index in [-0.39, 0.29) is 5.78 Å². The highest BCUT2D eigenvalue weighted by molar-refractivity contribution is 7.99. The Kier molecular flexibility index (Phi) is 3.54. The van der Waals surface area contributed by atoms with Crippen molar-refractivity contribution >= 4 is 29.1 Å². The van der Waals surface area contributed by atoms with E-state index in [4.69, 9.17) is 11.6 Å². The Balaban J connectivity index is 2.29. The number of nitrogens with zero attached hydrogens (tertiary/aromatic N) is 2. The largest absolute Gasteiger partial charge is 0.329 e. The Hall–Kier alpha value is -1.26. The first-order valence-electron chi connectivity index (χ1n) is 5.03. The zero-order chi connectivity index (χ0) is 12.4. The van der Waals surface area contributed by atoms with E-state index in [1.165, 1.54) is 18.7 Å². The number of halogens is 1. The molecule has 0 saturated heterocycles. The highest BCUT2D eigenvalue weighted by atomic mass is 35.5. The van der Waals surface area contributed by atoms with E-state index in [0.29, 0.717) is 10.6 Å². The Morgan fingerprint density at radius 1 is 1.47 bits per heavy atom. The molecule has 3 nitrogen and oxygen atoms in total. The van der Waals surface area contributed by atoms with E-state index in [0.717, 1.165) is 10.1 Å². The summed E-state index contributed by atoms with van der Waals surface area (Å²) in [6.07, 6.45) is 3.61. The van der Waals surface area contributed by atoms with Gasteiger partial charge in [0, 0.05) is 29.9 Å². The maximum absolute atomic E-state index is 11.2.